The lowest BCUT2D eigenvalue weighted by Gasteiger charge is -2.07. The van der Waals surface area contributed by atoms with Crippen molar-refractivity contribution in [2.24, 2.45) is 5.14 Å². The van der Waals surface area contributed by atoms with Crippen molar-refractivity contribution in [1.29, 1.82) is 0 Å². The smallest absolute Gasteiger partial charge is 0.269 e. The van der Waals surface area contributed by atoms with Crippen LogP contribution in [-0.2, 0) is 16.4 Å². The van der Waals surface area contributed by atoms with E-state index in [2.05, 4.69) is 15.6 Å². The first-order valence-corrected chi connectivity index (χ1v) is 9.59. The second kappa shape index (κ2) is 7.20. The number of aromatic nitrogens is 1. The fourth-order valence-electron chi connectivity index (χ4n) is 2.33. The molecule has 4 N–H and O–H groups in total. The number of nitrogens with zero attached hydrogens (tertiary/aromatic N) is 1. The number of primary sulfonamides is 1. The first-order chi connectivity index (χ1) is 11.9. The summed E-state index contributed by atoms with van der Waals surface area (Å²) in [6.45, 7) is 0.428. The number of nitrogens with one attached hydrogen (secondary N) is 2. The summed E-state index contributed by atoms with van der Waals surface area (Å²) < 4.78 is 22.4. The highest BCUT2D eigenvalue weighted by molar-refractivity contribution is 7.89. The van der Waals surface area contributed by atoms with Gasteiger partial charge in [-0.15, -0.1) is 0 Å². The molecule has 8 heteroatoms. The predicted molar refractivity (Wildman–Crippen MR) is 94.7 cm³/mol. The zero-order chi connectivity index (χ0) is 17.9. The number of carbonyl (C=O) groups excluding carboxylic acids is 1. The van der Waals surface area contributed by atoms with Crippen molar-refractivity contribution in [3.63, 3.8) is 0 Å². The third-order valence-electron chi connectivity index (χ3n) is 3.90. The van der Waals surface area contributed by atoms with E-state index in [4.69, 9.17) is 5.14 Å². The maximum absolute atomic E-state index is 12.1. The van der Waals surface area contributed by atoms with E-state index in [0.717, 1.165) is 11.3 Å². The number of nitrogens with two attached hydrogens (primary N) is 1. The zero-order valence-corrected chi connectivity index (χ0v) is 14.4. The molecule has 1 heterocycles. The van der Waals surface area contributed by atoms with E-state index in [1.807, 2.05) is 6.07 Å². The molecule has 1 saturated carbocycles. The van der Waals surface area contributed by atoms with Crippen LogP contribution in [0.3, 0.4) is 0 Å². The Bertz CT molecular complexity index is 844. The zero-order valence-electron chi connectivity index (χ0n) is 13.6. The van der Waals surface area contributed by atoms with Crippen molar-refractivity contribution in [3.8, 4) is 0 Å². The van der Waals surface area contributed by atoms with Gasteiger partial charge in [0.2, 0.25) is 10.0 Å². The molecule has 1 amide bonds. The summed E-state index contributed by atoms with van der Waals surface area (Å²) in [7, 11) is -3.68. The Morgan fingerprint density at radius 3 is 2.44 bits per heavy atom. The molecule has 1 aliphatic carbocycles. The fourth-order valence-corrected chi connectivity index (χ4v) is 2.85. The van der Waals surface area contributed by atoms with Crippen LogP contribution in [-0.4, -0.2) is 31.9 Å². The quantitative estimate of drug-likeness (QED) is 0.688. The number of hydrogen-bond acceptors (Lipinski definition) is 5. The van der Waals surface area contributed by atoms with E-state index < -0.39 is 10.0 Å². The number of carbonyl (C=O) groups is 1. The summed E-state index contributed by atoms with van der Waals surface area (Å²) >= 11 is 0. The highest BCUT2D eigenvalue weighted by Gasteiger charge is 2.20. The molecule has 3 rings (SSSR count). The Morgan fingerprint density at radius 2 is 1.88 bits per heavy atom. The minimum atomic E-state index is -3.68. The van der Waals surface area contributed by atoms with Gasteiger partial charge in [0, 0.05) is 12.6 Å². The van der Waals surface area contributed by atoms with Crippen LogP contribution in [0.25, 0.3) is 0 Å². The minimum absolute atomic E-state index is 0.0735. The average molecular weight is 360 g/mol. The number of sulfonamides is 1. The molecule has 7 nitrogen and oxygen atoms in total. The van der Waals surface area contributed by atoms with Gasteiger partial charge in [-0.25, -0.2) is 18.5 Å². The molecule has 0 spiro atoms. The van der Waals surface area contributed by atoms with Gasteiger partial charge in [-0.2, -0.15) is 0 Å². The van der Waals surface area contributed by atoms with Crippen molar-refractivity contribution >= 4 is 21.6 Å². The maximum atomic E-state index is 12.1. The molecule has 0 saturated heterocycles. The Morgan fingerprint density at radius 1 is 1.16 bits per heavy atom. The molecular formula is C17H20N4O3S. The summed E-state index contributed by atoms with van der Waals surface area (Å²) in [5, 5.41) is 11.2. The SMILES string of the molecule is NS(=O)(=O)c1ccc(CCNC(=O)c2ccc(NC3CC3)cn2)cc1. The van der Waals surface area contributed by atoms with Crippen LogP contribution in [0.15, 0.2) is 47.5 Å². The summed E-state index contributed by atoms with van der Waals surface area (Å²) in [6, 6.07) is 10.4. The Kier molecular flexibility index (Phi) is 5.00. The third-order valence-corrected chi connectivity index (χ3v) is 4.82. The number of rotatable bonds is 7. The minimum Gasteiger partial charge on any atom is -0.381 e. The lowest BCUT2D eigenvalue weighted by molar-refractivity contribution is 0.0949. The second-order valence-corrected chi connectivity index (χ2v) is 7.61. The van der Waals surface area contributed by atoms with Gasteiger partial charge in [0.05, 0.1) is 16.8 Å². The molecule has 0 unspecified atom stereocenters. The first kappa shape index (κ1) is 17.4. The number of amides is 1. The van der Waals surface area contributed by atoms with Gasteiger partial charge in [0.25, 0.3) is 5.91 Å². The largest absolute Gasteiger partial charge is 0.381 e. The summed E-state index contributed by atoms with van der Waals surface area (Å²) in [6.07, 6.45) is 4.61. The van der Waals surface area contributed by atoms with E-state index in [1.54, 1.807) is 24.4 Å². The molecule has 1 fully saturated rings. The maximum Gasteiger partial charge on any atom is 0.269 e. The number of benzene rings is 1. The van der Waals surface area contributed by atoms with Crippen molar-refractivity contribution in [2.45, 2.75) is 30.2 Å². The molecule has 0 aliphatic heterocycles. The highest BCUT2D eigenvalue weighted by Crippen LogP contribution is 2.24. The monoisotopic (exact) mass is 360 g/mol. The Labute approximate surface area is 146 Å². The highest BCUT2D eigenvalue weighted by atomic mass is 32.2. The first-order valence-electron chi connectivity index (χ1n) is 8.04. The topological polar surface area (TPSA) is 114 Å². The summed E-state index contributed by atoms with van der Waals surface area (Å²) in [4.78, 5) is 16.3. The van der Waals surface area contributed by atoms with Crippen molar-refractivity contribution in [1.82, 2.24) is 10.3 Å². The van der Waals surface area contributed by atoms with Gasteiger partial charge in [0.1, 0.15) is 5.69 Å². The predicted octanol–water partition coefficient (Wildman–Crippen LogP) is 1.28. The summed E-state index contributed by atoms with van der Waals surface area (Å²) in [5.41, 5.74) is 2.20. The number of hydrogen-bond donors (Lipinski definition) is 3. The number of anilines is 1. The second-order valence-electron chi connectivity index (χ2n) is 6.05. The Balaban J connectivity index is 1.48. The van der Waals surface area contributed by atoms with Crippen LogP contribution >= 0.6 is 0 Å². The van der Waals surface area contributed by atoms with Crippen LogP contribution in [0.2, 0.25) is 0 Å². The van der Waals surface area contributed by atoms with Crippen molar-refractivity contribution in [3.05, 3.63) is 53.9 Å². The molecule has 1 aromatic carbocycles. The summed E-state index contributed by atoms with van der Waals surface area (Å²) in [5.74, 6) is -0.237. The molecule has 25 heavy (non-hydrogen) atoms. The van der Waals surface area contributed by atoms with Crippen LogP contribution in [0.4, 0.5) is 5.69 Å². The lowest BCUT2D eigenvalue weighted by atomic mass is 10.1. The van der Waals surface area contributed by atoms with Gasteiger partial charge < -0.3 is 10.6 Å². The van der Waals surface area contributed by atoms with E-state index in [0.29, 0.717) is 24.7 Å². The van der Waals surface area contributed by atoms with E-state index in [1.165, 1.54) is 25.0 Å². The van der Waals surface area contributed by atoms with Crippen LogP contribution in [0.5, 0.6) is 0 Å². The van der Waals surface area contributed by atoms with Crippen LogP contribution in [0.1, 0.15) is 28.9 Å². The standard InChI is InChI=1S/C17H20N4O3S/c18-25(23,24)15-6-1-12(2-7-15)9-10-19-17(22)16-8-5-14(11-20-16)21-13-3-4-13/h1-2,5-8,11,13,21H,3-4,9-10H2,(H,19,22)(H2,18,23,24). The van der Waals surface area contributed by atoms with Crippen LogP contribution in [0, 0.1) is 0 Å². The molecule has 1 aliphatic rings. The van der Waals surface area contributed by atoms with Gasteiger partial charge in [-0.05, 0) is 49.1 Å². The van der Waals surface area contributed by atoms with Gasteiger partial charge in [-0.1, -0.05) is 12.1 Å². The molecule has 0 atom stereocenters. The fraction of sp³-hybridized carbons (Fsp3) is 0.294. The Hall–Kier alpha value is -2.45. The molecule has 0 radical (unpaired) electrons. The molecule has 1 aromatic heterocycles. The molecule has 0 bridgehead atoms. The van der Waals surface area contributed by atoms with Crippen molar-refractivity contribution in [2.75, 3.05) is 11.9 Å². The lowest BCUT2D eigenvalue weighted by Crippen LogP contribution is -2.26. The molecule has 2 aromatic rings. The van der Waals surface area contributed by atoms with Gasteiger partial charge in [-0.3, -0.25) is 4.79 Å². The van der Waals surface area contributed by atoms with E-state index in [-0.39, 0.29) is 10.8 Å². The van der Waals surface area contributed by atoms with Crippen LogP contribution < -0.4 is 15.8 Å². The van der Waals surface area contributed by atoms with E-state index in [9.17, 15) is 13.2 Å². The third kappa shape index (κ3) is 5.01. The van der Waals surface area contributed by atoms with Crippen molar-refractivity contribution < 1.29 is 13.2 Å². The molecule has 132 valence electrons. The van der Waals surface area contributed by atoms with E-state index >= 15 is 0 Å². The van der Waals surface area contributed by atoms with Gasteiger partial charge in [0.15, 0.2) is 0 Å². The normalized spacial score (nSPS) is 14.1. The number of pyridine rings is 1. The average Bonchev–Trinajstić information content (AvgIpc) is 3.39. The van der Waals surface area contributed by atoms with Gasteiger partial charge >= 0.3 is 0 Å². The molecular weight excluding hydrogens is 340 g/mol.